The first-order valence-corrected chi connectivity index (χ1v) is 6.68. The van der Waals surface area contributed by atoms with Gasteiger partial charge in [0.05, 0.1) is 6.04 Å². The number of nitrogens with zero attached hydrogens (tertiary/aromatic N) is 2. The molecule has 0 radical (unpaired) electrons. The Morgan fingerprint density at radius 3 is 2.88 bits per heavy atom. The fraction of sp³-hybridized carbons (Fsp3) is 0.167. The van der Waals surface area contributed by atoms with E-state index in [-0.39, 0.29) is 6.04 Å². The molecule has 0 aliphatic heterocycles. The van der Waals surface area contributed by atoms with Gasteiger partial charge in [0.1, 0.15) is 0 Å². The molecule has 17 heavy (non-hydrogen) atoms. The SMILES string of the molecule is C=CC(C)n1c(-c2ccccc2I)n[nH]c1=S. The van der Waals surface area contributed by atoms with Crippen molar-refractivity contribution in [1.82, 2.24) is 14.8 Å². The number of rotatable bonds is 3. The van der Waals surface area contributed by atoms with Gasteiger partial charge in [0.2, 0.25) is 0 Å². The number of halogens is 1. The molecule has 0 saturated heterocycles. The normalized spacial score (nSPS) is 12.4. The van der Waals surface area contributed by atoms with Gasteiger partial charge < -0.3 is 0 Å². The third-order valence-corrected chi connectivity index (χ3v) is 3.80. The minimum atomic E-state index is 0.118. The number of benzene rings is 1. The molecule has 1 unspecified atom stereocenters. The van der Waals surface area contributed by atoms with Gasteiger partial charge in [0, 0.05) is 9.13 Å². The molecule has 5 heteroatoms. The second kappa shape index (κ2) is 5.14. The first kappa shape index (κ1) is 12.5. The maximum atomic E-state index is 5.25. The molecular weight excluding hydrogens is 345 g/mol. The number of H-pyrrole nitrogens is 1. The molecule has 0 aliphatic carbocycles. The highest BCUT2D eigenvalue weighted by atomic mass is 127. The molecule has 1 atom stereocenters. The van der Waals surface area contributed by atoms with E-state index in [1.165, 1.54) is 0 Å². The van der Waals surface area contributed by atoms with Crippen LogP contribution in [0, 0.1) is 8.34 Å². The number of hydrogen-bond donors (Lipinski definition) is 1. The van der Waals surface area contributed by atoms with E-state index >= 15 is 0 Å². The predicted molar refractivity (Wildman–Crippen MR) is 80.5 cm³/mol. The number of allylic oxidation sites excluding steroid dienone is 1. The van der Waals surface area contributed by atoms with Gasteiger partial charge in [-0.3, -0.25) is 9.67 Å². The van der Waals surface area contributed by atoms with Crippen LogP contribution in [0.4, 0.5) is 0 Å². The zero-order valence-corrected chi connectivity index (χ0v) is 12.3. The molecular formula is C12H12IN3S. The van der Waals surface area contributed by atoms with E-state index in [0.29, 0.717) is 4.77 Å². The van der Waals surface area contributed by atoms with Crippen molar-refractivity contribution in [2.24, 2.45) is 0 Å². The Labute approximate surface area is 119 Å². The topological polar surface area (TPSA) is 33.6 Å². The monoisotopic (exact) mass is 357 g/mol. The minimum Gasteiger partial charge on any atom is -0.293 e. The highest BCUT2D eigenvalue weighted by Gasteiger charge is 2.13. The summed E-state index contributed by atoms with van der Waals surface area (Å²) in [6.45, 7) is 5.84. The number of aromatic nitrogens is 3. The van der Waals surface area contributed by atoms with Crippen LogP contribution in [0.5, 0.6) is 0 Å². The smallest absolute Gasteiger partial charge is 0.195 e. The third-order valence-electron chi connectivity index (χ3n) is 2.57. The molecule has 88 valence electrons. The average molecular weight is 357 g/mol. The summed E-state index contributed by atoms with van der Waals surface area (Å²) in [5, 5.41) is 7.15. The zero-order valence-electron chi connectivity index (χ0n) is 9.35. The Morgan fingerprint density at radius 1 is 1.53 bits per heavy atom. The number of aromatic amines is 1. The Bertz CT molecular complexity index is 600. The lowest BCUT2D eigenvalue weighted by atomic mass is 10.2. The standard InChI is InChI=1S/C12H12IN3S/c1-3-8(2)16-11(14-15-12(16)17)9-6-4-5-7-10(9)13/h3-8H,1H2,2H3,(H,15,17). The van der Waals surface area contributed by atoms with Gasteiger partial charge in [-0.15, -0.1) is 6.58 Å². The fourth-order valence-electron chi connectivity index (χ4n) is 1.62. The third kappa shape index (κ3) is 2.35. The average Bonchev–Trinajstić information content (AvgIpc) is 2.71. The van der Waals surface area contributed by atoms with E-state index in [4.69, 9.17) is 12.2 Å². The van der Waals surface area contributed by atoms with Crippen LogP contribution >= 0.6 is 34.8 Å². The Balaban J connectivity index is 2.65. The van der Waals surface area contributed by atoms with Crippen molar-refractivity contribution >= 4 is 34.8 Å². The first-order chi connectivity index (χ1) is 8.15. The van der Waals surface area contributed by atoms with Crippen molar-refractivity contribution in [2.75, 3.05) is 0 Å². The van der Waals surface area contributed by atoms with E-state index in [1.807, 2.05) is 35.8 Å². The molecule has 2 rings (SSSR count). The van der Waals surface area contributed by atoms with Crippen LogP contribution < -0.4 is 0 Å². The Kier molecular flexibility index (Phi) is 3.78. The Hall–Kier alpha value is -0.950. The van der Waals surface area contributed by atoms with Crippen LogP contribution in [0.3, 0.4) is 0 Å². The number of nitrogens with one attached hydrogen (secondary N) is 1. The van der Waals surface area contributed by atoms with Crippen molar-refractivity contribution in [3.63, 3.8) is 0 Å². The van der Waals surface area contributed by atoms with E-state index < -0.39 is 0 Å². The lowest BCUT2D eigenvalue weighted by Crippen LogP contribution is -2.05. The quantitative estimate of drug-likeness (QED) is 0.513. The lowest BCUT2D eigenvalue weighted by Gasteiger charge is -2.12. The van der Waals surface area contributed by atoms with Crippen molar-refractivity contribution < 1.29 is 0 Å². The summed E-state index contributed by atoms with van der Waals surface area (Å²) in [4.78, 5) is 0. The van der Waals surface area contributed by atoms with Gasteiger partial charge in [0.25, 0.3) is 0 Å². The van der Waals surface area contributed by atoms with Gasteiger partial charge in [-0.05, 0) is 47.8 Å². The first-order valence-electron chi connectivity index (χ1n) is 5.19. The molecule has 0 fully saturated rings. The van der Waals surface area contributed by atoms with Gasteiger partial charge in [-0.25, -0.2) is 0 Å². The highest BCUT2D eigenvalue weighted by molar-refractivity contribution is 14.1. The number of hydrogen-bond acceptors (Lipinski definition) is 2. The highest BCUT2D eigenvalue weighted by Crippen LogP contribution is 2.25. The largest absolute Gasteiger partial charge is 0.293 e. The molecule has 0 bridgehead atoms. The summed E-state index contributed by atoms with van der Waals surface area (Å²) < 4.78 is 3.74. The summed E-state index contributed by atoms with van der Waals surface area (Å²) in [5.41, 5.74) is 1.08. The van der Waals surface area contributed by atoms with Gasteiger partial charge >= 0.3 is 0 Å². The summed E-state index contributed by atoms with van der Waals surface area (Å²) >= 11 is 7.55. The molecule has 1 heterocycles. The van der Waals surface area contributed by atoms with E-state index in [0.717, 1.165) is 15.0 Å². The van der Waals surface area contributed by atoms with Crippen LogP contribution in [-0.2, 0) is 0 Å². The molecule has 0 saturated carbocycles. The van der Waals surface area contributed by atoms with Gasteiger partial charge in [0.15, 0.2) is 10.6 Å². The van der Waals surface area contributed by atoms with Crippen molar-refractivity contribution in [1.29, 1.82) is 0 Å². The maximum absolute atomic E-state index is 5.25. The van der Waals surface area contributed by atoms with E-state index in [1.54, 1.807) is 0 Å². The minimum absolute atomic E-state index is 0.118. The fourth-order valence-corrected chi connectivity index (χ4v) is 2.55. The molecule has 0 aliphatic rings. The summed E-state index contributed by atoms with van der Waals surface area (Å²) in [6.07, 6.45) is 1.85. The maximum Gasteiger partial charge on any atom is 0.195 e. The molecule has 1 N–H and O–H groups in total. The molecule has 1 aromatic heterocycles. The van der Waals surface area contributed by atoms with Crippen LogP contribution in [0.2, 0.25) is 0 Å². The predicted octanol–water partition coefficient (Wildman–Crippen LogP) is 3.96. The second-order valence-corrected chi connectivity index (χ2v) is 5.23. The van der Waals surface area contributed by atoms with Crippen LogP contribution in [0.25, 0.3) is 11.4 Å². The van der Waals surface area contributed by atoms with Gasteiger partial charge in [-0.2, -0.15) is 5.10 Å². The summed E-state index contributed by atoms with van der Waals surface area (Å²) in [7, 11) is 0. The van der Waals surface area contributed by atoms with Crippen molar-refractivity contribution in [3.8, 4) is 11.4 Å². The van der Waals surface area contributed by atoms with E-state index in [9.17, 15) is 0 Å². The summed E-state index contributed by atoms with van der Waals surface area (Å²) in [5.74, 6) is 0.854. The van der Waals surface area contributed by atoms with Gasteiger partial charge in [-0.1, -0.05) is 24.3 Å². The Morgan fingerprint density at radius 2 is 2.24 bits per heavy atom. The van der Waals surface area contributed by atoms with Crippen molar-refractivity contribution in [2.45, 2.75) is 13.0 Å². The molecule has 0 amide bonds. The van der Waals surface area contributed by atoms with Crippen molar-refractivity contribution in [3.05, 3.63) is 45.3 Å². The van der Waals surface area contributed by atoms with Crippen LogP contribution in [0.1, 0.15) is 13.0 Å². The lowest BCUT2D eigenvalue weighted by molar-refractivity contribution is 0.657. The second-order valence-electron chi connectivity index (χ2n) is 3.68. The van der Waals surface area contributed by atoms with Crippen LogP contribution in [-0.4, -0.2) is 14.8 Å². The zero-order chi connectivity index (χ0) is 12.4. The molecule has 0 spiro atoms. The van der Waals surface area contributed by atoms with E-state index in [2.05, 4.69) is 45.4 Å². The molecule has 1 aromatic carbocycles. The van der Waals surface area contributed by atoms with Crippen LogP contribution in [0.15, 0.2) is 36.9 Å². The molecule has 3 nitrogen and oxygen atoms in total. The molecule has 2 aromatic rings. The summed E-state index contributed by atoms with van der Waals surface area (Å²) in [6, 6.07) is 8.22.